The van der Waals surface area contributed by atoms with E-state index in [4.69, 9.17) is 18.0 Å². The molecule has 1 fully saturated rings. The summed E-state index contributed by atoms with van der Waals surface area (Å²) in [5.74, 6) is 0. The normalized spacial score (nSPS) is 20.6. The summed E-state index contributed by atoms with van der Waals surface area (Å²) in [7, 11) is -3.39. The molecule has 0 spiro atoms. The lowest BCUT2D eigenvalue weighted by atomic mass is 10.2. The van der Waals surface area contributed by atoms with Gasteiger partial charge in [-0.15, -0.1) is 0 Å². The summed E-state index contributed by atoms with van der Waals surface area (Å²) in [6.45, 7) is 2.63. The van der Waals surface area contributed by atoms with E-state index in [2.05, 4.69) is 0 Å². The molecule has 0 saturated carbocycles. The number of rotatable bonds is 4. The second kappa shape index (κ2) is 5.56. The van der Waals surface area contributed by atoms with Gasteiger partial charge in [-0.2, -0.15) is 4.31 Å². The van der Waals surface area contributed by atoms with Crippen LogP contribution in [0.15, 0.2) is 29.2 Å². The van der Waals surface area contributed by atoms with Crippen molar-refractivity contribution in [1.29, 1.82) is 0 Å². The Morgan fingerprint density at radius 1 is 1.42 bits per heavy atom. The third kappa shape index (κ3) is 2.80. The van der Waals surface area contributed by atoms with Crippen molar-refractivity contribution in [2.24, 2.45) is 5.73 Å². The topological polar surface area (TPSA) is 63.4 Å². The van der Waals surface area contributed by atoms with Crippen LogP contribution in [0, 0.1) is 0 Å². The molecular weight excluding hydrogens is 280 g/mol. The van der Waals surface area contributed by atoms with Crippen LogP contribution in [0.1, 0.15) is 31.7 Å². The fraction of sp³-hybridized carbons (Fsp3) is 0.462. The first-order valence-electron chi connectivity index (χ1n) is 6.38. The second-order valence-corrected chi connectivity index (χ2v) is 7.04. The fourth-order valence-electron chi connectivity index (χ4n) is 2.46. The Kier molecular flexibility index (Phi) is 4.23. The van der Waals surface area contributed by atoms with Gasteiger partial charge in [-0.1, -0.05) is 31.3 Å². The zero-order chi connectivity index (χ0) is 14.0. The largest absolute Gasteiger partial charge is 0.389 e. The molecule has 6 heteroatoms. The van der Waals surface area contributed by atoms with Gasteiger partial charge in [-0.3, -0.25) is 0 Å². The van der Waals surface area contributed by atoms with Gasteiger partial charge in [-0.25, -0.2) is 8.42 Å². The molecule has 104 valence electrons. The molecule has 19 heavy (non-hydrogen) atoms. The van der Waals surface area contributed by atoms with Crippen LogP contribution >= 0.6 is 12.2 Å². The summed E-state index contributed by atoms with van der Waals surface area (Å²) >= 11 is 4.86. The summed E-state index contributed by atoms with van der Waals surface area (Å²) < 4.78 is 26.7. The second-order valence-electron chi connectivity index (χ2n) is 4.71. The summed E-state index contributed by atoms with van der Waals surface area (Å²) in [4.78, 5) is 0.587. The van der Waals surface area contributed by atoms with E-state index in [0.717, 1.165) is 19.3 Å². The molecular formula is C13H18N2O2S2. The predicted molar refractivity (Wildman–Crippen MR) is 79.5 cm³/mol. The van der Waals surface area contributed by atoms with Gasteiger partial charge in [-0.05, 0) is 31.4 Å². The zero-order valence-corrected chi connectivity index (χ0v) is 12.5. The van der Waals surface area contributed by atoms with Crippen molar-refractivity contribution in [3.05, 3.63) is 29.8 Å². The Bertz CT molecular complexity index is 567. The molecule has 0 aliphatic carbocycles. The maximum absolute atomic E-state index is 12.5. The molecule has 4 nitrogen and oxygen atoms in total. The number of sulfonamides is 1. The minimum atomic E-state index is -3.39. The number of nitrogens with two attached hydrogens (primary N) is 1. The Labute approximate surface area is 119 Å². The minimum absolute atomic E-state index is 0.125. The third-order valence-corrected chi connectivity index (χ3v) is 5.74. The molecule has 1 aliphatic rings. The summed E-state index contributed by atoms with van der Waals surface area (Å²) in [6, 6.07) is 6.60. The Morgan fingerprint density at radius 3 is 2.58 bits per heavy atom. The first-order valence-corrected chi connectivity index (χ1v) is 8.23. The molecule has 1 aromatic carbocycles. The van der Waals surface area contributed by atoms with E-state index in [9.17, 15) is 8.42 Å². The predicted octanol–water partition coefficient (Wildman–Crippen LogP) is 1.88. The highest BCUT2D eigenvalue weighted by Gasteiger charge is 2.33. The van der Waals surface area contributed by atoms with Gasteiger partial charge in [0, 0.05) is 18.2 Å². The molecule has 1 heterocycles. The first kappa shape index (κ1) is 14.4. The van der Waals surface area contributed by atoms with Crippen LogP contribution in [0.5, 0.6) is 0 Å². The molecule has 0 bridgehead atoms. The molecule has 0 radical (unpaired) electrons. The maximum Gasteiger partial charge on any atom is 0.243 e. The van der Waals surface area contributed by atoms with Gasteiger partial charge < -0.3 is 5.73 Å². The van der Waals surface area contributed by atoms with Crippen molar-refractivity contribution in [2.75, 3.05) is 6.54 Å². The quantitative estimate of drug-likeness (QED) is 0.862. The highest BCUT2D eigenvalue weighted by Crippen LogP contribution is 2.27. The Hall–Kier alpha value is -0.980. The lowest BCUT2D eigenvalue weighted by molar-refractivity contribution is 0.379. The van der Waals surface area contributed by atoms with Gasteiger partial charge >= 0.3 is 0 Å². The number of hydrogen-bond donors (Lipinski definition) is 1. The van der Waals surface area contributed by atoms with Gasteiger partial charge in [0.05, 0.1) is 4.90 Å². The average Bonchev–Trinajstić information content (AvgIpc) is 2.87. The number of nitrogens with zero attached hydrogens (tertiary/aromatic N) is 1. The highest BCUT2D eigenvalue weighted by molar-refractivity contribution is 7.89. The molecule has 1 unspecified atom stereocenters. The molecule has 0 aromatic heterocycles. The fourth-order valence-corrected chi connectivity index (χ4v) is 4.36. The zero-order valence-electron chi connectivity index (χ0n) is 10.9. The van der Waals surface area contributed by atoms with Crippen LogP contribution in [0.3, 0.4) is 0 Å². The molecule has 1 atom stereocenters. The standard InChI is InChI=1S/C13H18N2O2S2/c1-2-11-4-3-9-15(11)19(16,17)12-7-5-10(6-8-12)13(14)18/h5-8,11H,2-4,9H2,1H3,(H2,14,18). The molecule has 2 rings (SSSR count). The van der Waals surface area contributed by atoms with Gasteiger partial charge in [0.1, 0.15) is 4.99 Å². The number of benzene rings is 1. The van der Waals surface area contributed by atoms with E-state index < -0.39 is 10.0 Å². The Morgan fingerprint density at radius 2 is 2.05 bits per heavy atom. The van der Waals surface area contributed by atoms with E-state index in [-0.39, 0.29) is 11.0 Å². The van der Waals surface area contributed by atoms with Gasteiger partial charge in [0.15, 0.2) is 0 Å². The molecule has 2 N–H and O–H groups in total. The van der Waals surface area contributed by atoms with E-state index in [0.29, 0.717) is 17.0 Å². The Balaban J connectivity index is 2.31. The maximum atomic E-state index is 12.5. The van der Waals surface area contributed by atoms with Gasteiger partial charge in [0.25, 0.3) is 0 Å². The van der Waals surface area contributed by atoms with Crippen LogP contribution < -0.4 is 5.73 Å². The van der Waals surface area contributed by atoms with Crippen molar-refractivity contribution in [2.45, 2.75) is 37.1 Å². The monoisotopic (exact) mass is 298 g/mol. The van der Waals surface area contributed by atoms with Crippen molar-refractivity contribution >= 4 is 27.2 Å². The minimum Gasteiger partial charge on any atom is -0.389 e. The number of hydrogen-bond acceptors (Lipinski definition) is 3. The van der Waals surface area contributed by atoms with E-state index >= 15 is 0 Å². The van der Waals surface area contributed by atoms with Crippen molar-refractivity contribution in [3.8, 4) is 0 Å². The van der Waals surface area contributed by atoms with Crippen LogP contribution in [-0.4, -0.2) is 30.3 Å². The first-order chi connectivity index (χ1) is 8.96. The van der Waals surface area contributed by atoms with E-state index in [1.54, 1.807) is 28.6 Å². The van der Waals surface area contributed by atoms with E-state index in [1.807, 2.05) is 6.92 Å². The molecule has 1 aromatic rings. The van der Waals surface area contributed by atoms with Crippen LogP contribution in [-0.2, 0) is 10.0 Å². The van der Waals surface area contributed by atoms with Crippen molar-refractivity contribution in [1.82, 2.24) is 4.31 Å². The summed E-state index contributed by atoms with van der Waals surface area (Å²) in [5, 5.41) is 0. The molecule has 1 saturated heterocycles. The van der Waals surface area contributed by atoms with Crippen LogP contribution in [0.4, 0.5) is 0 Å². The van der Waals surface area contributed by atoms with Crippen molar-refractivity contribution in [3.63, 3.8) is 0 Å². The number of thiocarbonyl (C=S) groups is 1. The van der Waals surface area contributed by atoms with Crippen LogP contribution in [0.25, 0.3) is 0 Å². The third-order valence-electron chi connectivity index (χ3n) is 3.54. The van der Waals surface area contributed by atoms with Gasteiger partial charge in [0.2, 0.25) is 10.0 Å². The summed E-state index contributed by atoms with van der Waals surface area (Å²) in [5.41, 5.74) is 6.19. The molecule has 0 amide bonds. The SMILES string of the molecule is CCC1CCCN1S(=O)(=O)c1ccc(C(N)=S)cc1. The van der Waals surface area contributed by atoms with Crippen LogP contribution in [0.2, 0.25) is 0 Å². The smallest absolute Gasteiger partial charge is 0.243 e. The van der Waals surface area contributed by atoms with Crippen molar-refractivity contribution < 1.29 is 8.42 Å². The molecule has 1 aliphatic heterocycles. The lowest BCUT2D eigenvalue weighted by Crippen LogP contribution is -2.35. The average molecular weight is 298 g/mol. The summed E-state index contributed by atoms with van der Waals surface area (Å²) in [6.07, 6.45) is 2.73. The lowest BCUT2D eigenvalue weighted by Gasteiger charge is -2.23. The highest BCUT2D eigenvalue weighted by atomic mass is 32.2. The van der Waals surface area contributed by atoms with E-state index in [1.165, 1.54) is 0 Å².